The van der Waals surface area contributed by atoms with Crippen molar-refractivity contribution in [3.63, 3.8) is 0 Å². The molecule has 0 aromatic heterocycles. The fourth-order valence-corrected chi connectivity index (χ4v) is 3.28. The summed E-state index contributed by atoms with van der Waals surface area (Å²) in [7, 11) is 1.10. The third-order valence-corrected chi connectivity index (χ3v) is 4.49. The van der Waals surface area contributed by atoms with E-state index in [4.69, 9.17) is 4.74 Å². The molecule has 1 atom stereocenters. The number of amides is 1. The first kappa shape index (κ1) is 18.4. The van der Waals surface area contributed by atoms with E-state index in [0.29, 0.717) is 0 Å². The van der Waals surface area contributed by atoms with Crippen LogP contribution in [0.3, 0.4) is 0 Å². The van der Waals surface area contributed by atoms with E-state index in [1.54, 1.807) is 0 Å². The van der Waals surface area contributed by atoms with Crippen molar-refractivity contribution < 1.29 is 29.0 Å². The van der Waals surface area contributed by atoms with Gasteiger partial charge in [0.1, 0.15) is 12.6 Å². The number of nitrogens with one attached hydrogen (secondary N) is 1. The number of methoxy groups -OCH3 is 1. The van der Waals surface area contributed by atoms with E-state index < -0.39 is 30.5 Å². The van der Waals surface area contributed by atoms with Gasteiger partial charge in [-0.05, 0) is 22.3 Å². The number of carbonyl (C=O) groups is 3. The third kappa shape index (κ3) is 3.92. The Kier molecular flexibility index (Phi) is 5.40. The van der Waals surface area contributed by atoms with Gasteiger partial charge in [0.25, 0.3) is 0 Å². The van der Waals surface area contributed by atoms with E-state index in [1.807, 2.05) is 48.5 Å². The van der Waals surface area contributed by atoms with Crippen LogP contribution in [0.2, 0.25) is 0 Å². The number of fused-ring (bicyclic) bond motifs is 3. The Morgan fingerprint density at radius 2 is 1.59 bits per heavy atom. The topological polar surface area (TPSA) is 105 Å². The highest BCUT2D eigenvalue weighted by molar-refractivity contribution is 5.85. The Hall–Kier alpha value is -3.35. The van der Waals surface area contributed by atoms with E-state index >= 15 is 0 Å². The Balaban J connectivity index is 1.70. The molecule has 1 N–H and O–H groups in total. The van der Waals surface area contributed by atoms with Crippen molar-refractivity contribution in [3.05, 3.63) is 59.7 Å². The molecule has 0 spiro atoms. The quantitative estimate of drug-likeness (QED) is 0.769. The van der Waals surface area contributed by atoms with Crippen LogP contribution in [0.15, 0.2) is 48.5 Å². The van der Waals surface area contributed by atoms with Crippen molar-refractivity contribution in [2.75, 3.05) is 13.7 Å². The molecular weight excluding hydrogens is 350 g/mol. The number of aliphatic carboxylic acids is 1. The lowest BCUT2D eigenvalue weighted by atomic mass is 9.98. The first-order chi connectivity index (χ1) is 13.0. The second kappa shape index (κ2) is 7.90. The second-order valence-corrected chi connectivity index (χ2v) is 6.12. The molecule has 0 saturated carbocycles. The third-order valence-electron chi connectivity index (χ3n) is 4.49. The number of ether oxygens (including phenoxy) is 2. The van der Waals surface area contributed by atoms with Crippen LogP contribution in [-0.2, 0) is 19.1 Å². The maximum atomic E-state index is 12.1. The fourth-order valence-electron chi connectivity index (χ4n) is 3.28. The summed E-state index contributed by atoms with van der Waals surface area (Å²) in [6.07, 6.45) is -1.59. The molecule has 0 aliphatic heterocycles. The molecular formula is C20H18NO6-. The van der Waals surface area contributed by atoms with Crippen molar-refractivity contribution >= 4 is 18.0 Å². The van der Waals surface area contributed by atoms with Gasteiger partial charge < -0.3 is 24.7 Å². The highest BCUT2D eigenvalue weighted by atomic mass is 16.6. The molecule has 0 radical (unpaired) electrons. The Morgan fingerprint density at radius 3 is 2.11 bits per heavy atom. The smallest absolute Gasteiger partial charge is 0.407 e. The van der Waals surface area contributed by atoms with Crippen LogP contribution >= 0.6 is 0 Å². The van der Waals surface area contributed by atoms with Crippen LogP contribution in [0, 0.1) is 0 Å². The summed E-state index contributed by atoms with van der Waals surface area (Å²) in [6, 6.07) is 14.4. The van der Waals surface area contributed by atoms with Gasteiger partial charge in [0.05, 0.1) is 7.11 Å². The summed E-state index contributed by atoms with van der Waals surface area (Å²) < 4.78 is 9.76. The van der Waals surface area contributed by atoms with Crippen LogP contribution in [0.4, 0.5) is 4.79 Å². The monoisotopic (exact) mass is 368 g/mol. The Bertz CT molecular complexity index is 833. The minimum atomic E-state index is -1.48. The van der Waals surface area contributed by atoms with E-state index in [0.717, 1.165) is 29.4 Å². The predicted molar refractivity (Wildman–Crippen MR) is 93.6 cm³/mol. The highest BCUT2D eigenvalue weighted by Crippen LogP contribution is 2.44. The van der Waals surface area contributed by atoms with Gasteiger partial charge in [-0.3, -0.25) is 0 Å². The molecule has 1 amide bonds. The van der Waals surface area contributed by atoms with Gasteiger partial charge in [-0.15, -0.1) is 0 Å². The lowest BCUT2D eigenvalue weighted by Crippen LogP contribution is -2.45. The molecule has 2 aromatic rings. The molecule has 1 aliphatic carbocycles. The van der Waals surface area contributed by atoms with Crippen LogP contribution < -0.4 is 10.4 Å². The van der Waals surface area contributed by atoms with Crippen molar-refractivity contribution in [2.24, 2.45) is 0 Å². The predicted octanol–water partition coefficient (Wildman–Crippen LogP) is 1.21. The van der Waals surface area contributed by atoms with E-state index in [2.05, 4.69) is 10.1 Å². The van der Waals surface area contributed by atoms with E-state index in [-0.39, 0.29) is 12.5 Å². The number of hydrogen-bond donors (Lipinski definition) is 1. The van der Waals surface area contributed by atoms with E-state index in [9.17, 15) is 19.5 Å². The zero-order valence-corrected chi connectivity index (χ0v) is 14.6. The van der Waals surface area contributed by atoms with Crippen LogP contribution in [-0.4, -0.2) is 37.8 Å². The van der Waals surface area contributed by atoms with Crippen LogP contribution in [0.5, 0.6) is 0 Å². The molecule has 7 heteroatoms. The van der Waals surface area contributed by atoms with Gasteiger partial charge >= 0.3 is 12.1 Å². The summed E-state index contributed by atoms with van der Waals surface area (Å²) in [5.74, 6) is -2.50. The van der Waals surface area contributed by atoms with Crippen molar-refractivity contribution in [1.29, 1.82) is 0 Å². The SMILES string of the molecule is COC(=O)[C@H](CC(=O)[O-])NC(=O)OCC1c2ccccc2-c2ccccc21. The number of alkyl carbamates (subject to hydrolysis) is 1. The second-order valence-electron chi connectivity index (χ2n) is 6.12. The number of esters is 1. The average molecular weight is 368 g/mol. The van der Waals surface area contributed by atoms with Gasteiger partial charge in [0.2, 0.25) is 0 Å². The van der Waals surface area contributed by atoms with Crippen molar-refractivity contribution in [2.45, 2.75) is 18.4 Å². The maximum Gasteiger partial charge on any atom is 0.407 e. The Morgan fingerprint density at radius 1 is 1.04 bits per heavy atom. The number of carbonyl (C=O) groups excluding carboxylic acids is 3. The van der Waals surface area contributed by atoms with Crippen molar-refractivity contribution in [1.82, 2.24) is 5.32 Å². The number of benzene rings is 2. The normalized spacial score (nSPS) is 13.2. The zero-order valence-electron chi connectivity index (χ0n) is 14.6. The molecule has 140 valence electrons. The Labute approximate surface area is 155 Å². The number of hydrogen-bond acceptors (Lipinski definition) is 6. The number of carboxylic acids is 1. The highest BCUT2D eigenvalue weighted by Gasteiger charge is 2.29. The molecule has 0 fully saturated rings. The molecule has 0 saturated heterocycles. The summed E-state index contributed by atoms with van der Waals surface area (Å²) in [5, 5.41) is 13.0. The number of rotatable bonds is 6. The minimum absolute atomic E-state index is 0.0546. The summed E-state index contributed by atoms with van der Waals surface area (Å²) >= 11 is 0. The summed E-state index contributed by atoms with van der Waals surface area (Å²) in [5.41, 5.74) is 4.27. The van der Waals surface area contributed by atoms with Crippen LogP contribution in [0.1, 0.15) is 23.5 Å². The summed E-state index contributed by atoms with van der Waals surface area (Å²) in [6.45, 7) is 0.0546. The molecule has 0 unspecified atom stereocenters. The van der Waals surface area contributed by atoms with Gasteiger partial charge in [-0.25, -0.2) is 9.59 Å². The molecule has 2 aromatic carbocycles. The zero-order chi connectivity index (χ0) is 19.4. The van der Waals surface area contributed by atoms with Gasteiger partial charge in [0.15, 0.2) is 0 Å². The van der Waals surface area contributed by atoms with Gasteiger partial charge in [-0.2, -0.15) is 0 Å². The molecule has 7 nitrogen and oxygen atoms in total. The molecule has 0 bridgehead atoms. The standard InChI is InChI=1S/C20H19NO6/c1-26-19(24)17(10-18(22)23)21-20(25)27-11-16-14-8-4-2-6-12(14)13-7-3-5-9-15(13)16/h2-9,16-17H,10-11H2,1H3,(H,21,25)(H,22,23)/p-1/t17-/m0/s1. The summed E-state index contributed by atoms with van der Waals surface area (Å²) in [4.78, 5) is 34.4. The first-order valence-electron chi connectivity index (χ1n) is 8.40. The first-order valence-corrected chi connectivity index (χ1v) is 8.40. The number of carboxylic acid groups (broad SMARTS) is 1. The van der Waals surface area contributed by atoms with Gasteiger partial charge in [0, 0.05) is 18.3 Å². The lowest BCUT2D eigenvalue weighted by Gasteiger charge is -2.18. The molecule has 0 heterocycles. The van der Waals surface area contributed by atoms with E-state index in [1.165, 1.54) is 0 Å². The lowest BCUT2D eigenvalue weighted by molar-refractivity contribution is -0.306. The van der Waals surface area contributed by atoms with Gasteiger partial charge in [-0.1, -0.05) is 48.5 Å². The minimum Gasteiger partial charge on any atom is -0.550 e. The molecule has 1 aliphatic rings. The molecule has 3 rings (SSSR count). The largest absolute Gasteiger partial charge is 0.550 e. The molecule has 27 heavy (non-hydrogen) atoms. The van der Waals surface area contributed by atoms with Crippen LogP contribution in [0.25, 0.3) is 11.1 Å². The van der Waals surface area contributed by atoms with Crippen molar-refractivity contribution in [3.8, 4) is 11.1 Å². The fraction of sp³-hybridized carbons (Fsp3) is 0.250. The maximum absolute atomic E-state index is 12.1. The average Bonchev–Trinajstić information content (AvgIpc) is 2.99.